The summed E-state index contributed by atoms with van der Waals surface area (Å²) in [6, 6.07) is 9.10. The van der Waals surface area contributed by atoms with Gasteiger partial charge in [-0.1, -0.05) is 17.7 Å². The van der Waals surface area contributed by atoms with Crippen LogP contribution in [0.3, 0.4) is 0 Å². The molecule has 0 fully saturated rings. The van der Waals surface area contributed by atoms with Gasteiger partial charge < -0.3 is 5.32 Å². The predicted molar refractivity (Wildman–Crippen MR) is 81.5 cm³/mol. The van der Waals surface area contributed by atoms with Crippen molar-refractivity contribution < 1.29 is 13.2 Å². The van der Waals surface area contributed by atoms with Gasteiger partial charge in [-0.2, -0.15) is 0 Å². The van der Waals surface area contributed by atoms with E-state index in [1.54, 1.807) is 25.1 Å². The second-order valence-corrected chi connectivity index (χ2v) is 6.98. The summed E-state index contributed by atoms with van der Waals surface area (Å²) in [5.41, 5.74) is 1.38. The molecule has 7 heteroatoms. The quantitative estimate of drug-likeness (QED) is 0.881. The van der Waals surface area contributed by atoms with Crippen LogP contribution in [0.25, 0.3) is 0 Å². The maximum absolute atomic E-state index is 12.1. The second kappa shape index (κ2) is 5.83. The van der Waals surface area contributed by atoms with Crippen LogP contribution in [0.15, 0.2) is 41.3 Å². The molecule has 0 atom stereocenters. The summed E-state index contributed by atoms with van der Waals surface area (Å²) < 4.78 is 23.0. The van der Waals surface area contributed by atoms with E-state index in [-0.39, 0.29) is 16.0 Å². The lowest BCUT2D eigenvalue weighted by Crippen LogP contribution is -2.13. The van der Waals surface area contributed by atoms with Gasteiger partial charge in [0.05, 0.1) is 4.90 Å². The molecule has 0 radical (unpaired) electrons. The highest BCUT2D eigenvalue weighted by molar-refractivity contribution is 7.90. The van der Waals surface area contributed by atoms with Crippen molar-refractivity contribution in [1.82, 2.24) is 4.98 Å². The Morgan fingerprint density at radius 3 is 2.57 bits per heavy atom. The van der Waals surface area contributed by atoms with E-state index in [2.05, 4.69) is 10.3 Å². The summed E-state index contributed by atoms with van der Waals surface area (Å²) in [7, 11) is -3.32. The van der Waals surface area contributed by atoms with Gasteiger partial charge in [-0.15, -0.1) is 0 Å². The minimum atomic E-state index is -3.32. The topological polar surface area (TPSA) is 76.1 Å². The Kier molecular flexibility index (Phi) is 4.29. The Balaban J connectivity index is 2.28. The van der Waals surface area contributed by atoms with Gasteiger partial charge in [0.15, 0.2) is 9.84 Å². The summed E-state index contributed by atoms with van der Waals surface area (Å²) in [5.74, 6) is -0.381. The number of hydrogen-bond acceptors (Lipinski definition) is 4. The van der Waals surface area contributed by atoms with Crippen LogP contribution >= 0.6 is 11.6 Å². The fourth-order valence-electron chi connectivity index (χ4n) is 1.77. The van der Waals surface area contributed by atoms with E-state index in [0.717, 1.165) is 6.26 Å². The number of sulfone groups is 1. The third-order valence-corrected chi connectivity index (χ3v) is 4.01. The molecule has 0 aliphatic rings. The number of pyridine rings is 1. The van der Waals surface area contributed by atoms with Gasteiger partial charge >= 0.3 is 0 Å². The number of nitrogens with zero attached hydrogens (tertiary/aromatic N) is 1. The molecule has 21 heavy (non-hydrogen) atoms. The molecular weight excluding hydrogens is 312 g/mol. The molecule has 2 aromatic rings. The molecule has 0 aliphatic heterocycles. The Morgan fingerprint density at radius 2 is 1.95 bits per heavy atom. The van der Waals surface area contributed by atoms with Crippen molar-refractivity contribution in [1.29, 1.82) is 0 Å². The number of carbonyl (C=O) groups is 1. The molecule has 0 saturated heterocycles. The molecule has 1 aromatic carbocycles. The first-order valence-corrected chi connectivity index (χ1v) is 8.28. The number of nitrogens with one attached hydrogen (secondary N) is 1. The molecule has 110 valence electrons. The number of aromatic nitrogens is 1. The summed E-state index contributed by atoms with van der Waals surface area (Å²) >= 11 is 5.81. The van der Waals surface area contributed by atoms with Crippen molar-refractivity contribution in [3.05, 3.63) is 52.8 Å². The van der Waals surface area contributed by atoms with Crippen LogP contribution in [-0.4, -0.2) is 25.6 Å². The fraction of sp³-hybridized carbons (Fsp3) is 0.143. The molecule has 0 unspecified atom stereocenters. The van der Waals surface area contributed by atoms with Crippen molar-refractivity contribution in [2.24, 2.45) is 0 Å². The fourth-order valence-corrected chi connectivity index (χ4v) is 2.68. The Labute approximate surface area is 127 Å². The summed E-state index contributed by atoms with van der Waals surface area (Å²) in [5, 5.41) is 2.86. The third kappa shape index (κ3) is 4.03. The number of benzene rings is 1. The number of halogens is 1. The standard InChI is InChI=1S/C14H13ClN2O3S/c1-9-6-10(7-13(15)16-9)14(18)17-11-4-3-5-12(8-11)21(2,19)20/h3-8H,1-2H3,(H,17,18). The monoisotopic (exact) mass is 324 g/mol. The van der Waals surface area contributed by atoms with Crippen LogP contribution < -0.4 is 5.32 Å². The molecule has 0 aliphatic carbocycles. The van der Waals surface area contributed by atoms with Crippen LogP contribution in [0.5, 0.6) is 0 Å². The maximum atomic E-state index is 12.1. The zero-order valence-corrected chi connectivity index (χ0v) is 13.0. The van der Waals surface area contributed by atoms with Gasteiger partial charge in [-0.25, -0.2) is 13.4 Å². The Bertz CT molecular complexity index is 783. The van der Waals surface area contributed by atoms with E-state index >= 15 is 0 Å². The highest BCUT2D eigenvalue weighted by Gasteiger charge is 2.11. The smallest absolute Gasteiger partial charge is 0.255 e. The normalized spacial score (nSPS) is 11.2. The molecule has 1 aromatic heterocycles. The largest absolute Gasteiger partial charge is 0.322 e. The zero-order valence-electron chi connectivity index (χ0n) is 11.4. The lowest BCUT2D eigenvalue weighted by atomic mass is 10.2. The Hall–Kier alpha value is -1.92. The lowest BCUT2D eigenvalue weighted by molar-refractivity contribution is 0.102. The molecule has 5 nitrogen and oxygen atoms in total. The van der Waals surface area contributed by atoms with Crippen molar-refractivity contribution in [3.8, 4) is 0 Å². The van der Waals surface area contributed by atoms with E-state index in [0.29, 0.717) is 16.9 Å². The highest BCUT2D eigenvalue weighted by Crippen LogP contribution is 2.17. The first-order chi connectivity index (χ1) is 9.75. The molecule has 1 N–H and O–H groups in total. The van der Waals surface area contributed by atoms with Gasteiger partial charge in [0.25, 0.3) is 5.91 Å². The van der Waals surface area contributed by atoms with Crippen LogP contribution in [0.4, 0.5) is 5.69 Å². The third-order valence-electron chi connectivity index (χ3n) is 2.70. The van der Waals surface area contributed by atoms with Crippen LogP contribution in [0.2, 0.25) is 5.15 Å². The SMILES string of the molecule is Cc1cc(C(=O)Nc2cccc(S(C)(=O)=O)c2)cc(Cl)n1. The number of carbonyl (C=O) groups excluding carboxylic acids is 1. The van der Waals surface area contributed by atoms with Crippen molar-refractivity contribution >= 4 is 33.0 Å². The van der Waals surface area contributed by atoms with Crippen molar-refractivity contribution in [2.45, 2.75) is 11.8 Å². The molecule has 1 heterocycles. The number of aryl methyl sites for hydroxylation is 1. The maximum Gasteiger partial charge on any atom is 0.255 e. The van der Waals surface area contributed by atoms with Gasteiger partial charge in [0.2, 0.25) is 0 Å². The van der Waals surface area contributed by atoms with E-state index in [4.69, 9.17) is 11.6 Å². The number of anilines is 1. The van der Waals surface area contributed by atoms with Crippen LogP contribution in [0.1, 0.15) is 16.1 Å². The van der Waals surface area contributed by atoms with E-state index in [9.17, 15) is 13.2 Å². The van der Waals surface area contributed by atoms with Crippen molar-refractivity contribution in [3.63, 3.8) is 0 Å². The van der Waals surface area contributed by atoms with Gasteiger partial charge in [0.1, 0.15) is 5.15 Å². The lowest BCUT2D eigenvalue weighted by Gasteiger charge is -2.07. The van der Waals surface area contributed by atoms with E-state index in [1.165, 1.54) is 18.2 Å². The van der Waals surface area contributed by atoms with Crippen molar-refractivity contribution in [2.75, 3.05) is 11.6 Å². The number of hydrogen-bond donors (Lipinski definition) is 1. The van der Waals surface area contributed by atoms with Gasteiger partial charge in [-0.05, 0) is 37.3 Å². The highest BCUT2D eigenvalue weighted by atomic mass is 35.5. The average Bonchev–Trinajstić information content (AvgIpc) is 2.37. The first-order valence-electron chi connectivity index (χ1n) is 6.01. The minimum absolute atomic E-state index is 0.143. The summed E-state index contributed by atoms with van der Waals surface area (Å²) in [4.78, 5) is 16.3. The van der Waals surface area contributed by atoms with E-state index in [1.807, 2.05) is 0 Å². The average molecular weight is 325 g/mol. The van der Waals surface area contributed by atoms with Crippen LogP contribution in [0, 0.1) is 6.92 Å². The number of amides is 1. The van der Waals surface area contributed by atoms with Gasteiger partial charge in [-0.3, -0.25) is 4.79 Å². The molecular formula is C14H13ClN2O3S. The Morgan fingerprint density at radius 1 is 1.24 bits per heavy atom. The second-order valence-electron chi connectivity index (χ2n) is 4.57. The summed E-state index contributed by atoms with van der Waals surface area (Å²) in [6.45, 7) is 1.73. The molecule has 0 spiro atoms. The summed E-state index contributed by atoms with van der Waals surface area (Å²) in [6.07, 6.45) is 1.11. The molecule has 0 saturated carbocycles. The minimum Gasteiger partial charge on any atom is -0.322 e. The van der Waals surface area contributed by atoms with Gasteiger partial charge in [0, 0.05) is 23.2 Å². The van der Waals surface area contributed by atoms with E-state index < -0.39 is 9.84 Å². The predicted octanol–water partition coefficient (Wildman–Crippen LogP) is 2.70. The molecule has 1 amide bonds. The zero-order chi connectivity index (χ0) is 15.6. The molecule has 2 rings (SSSR count). The first kappa shape index (κ1) is 15.5. The number of rotatable bonds is 3. The van der Waals surface area contributed by atoms with Crippen LogP contribution in [-0.2, 0) is 9.84 Å². The molecule has 0 bridgehead atoms.